The molecule has 0 fully saturated rings. The van der Waals surface area contributed by atoms with Crippen molar-refractivity contribution in [2.45, 2.75) is 47.1 Å². The minimum Gasteiger partial charge on any atom is -0.482 e. The molecule has 0 bridgehead atoms. The second-order valence-electron chi connectivity index (χ2n) is 7.19. The molecule has 0 spiro atoms. The van der Waals surface area contributed by atoms with Crippen molar-refractivity contribution in [1.29, 1.82) is 0 Å². The summed E-state index contributed by atoms with van der Waals surface area (Å²) in [5.41, 5.74) is 0.640. The molecule has 0 heterocycles. The molecule has 1 N–H and O–H groups in total. The van der Waals surface area contributed by atoms with Gasteiger partial charge in [0.15, 0.2) is 6.61 Å². The van der Waals surface area contributed by atoms with Crippen LogP contribution in [0.2, 0.25) is 0 Å². The summed E-state index contributed by atoms with van der Waals surface area (Å²) in [5.74, 6) is 0.152. The summed E-state index contributed by atoms with van der Waals surface area (Å²) in [4.78, 5) is 11.3. The molecule has 24 heavy (non-hydrogen) atoms. The van der Waals surface area contributed by atoms with Crippen molar-refractivity contribution in [3.63, 3.8) is 0 Å². The Morgan fingerprint density at radius 1 is 1.17 bits per heavy atom. The Morgan fingerprint density at radius 2 is 1.71 bits per heavy atom. The summed E-state index contributed by atoms with van der Waals surface area (Å²) in [6, 6.07) is 7.06. The van der Waals surface area contributed by atoms with Crippen molar-refractivity contribution in [3.05, 3.63) is 36.4 Å². The molecular weight excluding hydrogens is 306 g/mol. The highest BCUT2D eigenvalue weighted by atomic mass is 16.6. The van der Waals surface area contributed by atoms with Gasteiger partial charge in [-0.3, -0.25) is 10.3 Å². The fourth-order valence-electron chi connectivity index (χ4n) is 1.87. The van der Waals surface area contributed by atoms with E-state index in [4.69, 9.17) is 9.47 Å². The Hall–Kier alpha value is -2.01. The maximum atomic E-state index is 11.3. The molecule has 0 unspecified atom stereocenters. The van der Waals surface area contributed by atoms with Gasteiger partial charge in [-0.15, -0.1) is 0 Å². The van der Waals surface area contributed by atoms with Crippen molar-refractivity contribution in [1.82, 2.24) is 5.06 Å². The number of esters is 1. The average molecular weight is 335 g/mol. The molecule has 1 rings (SSSR count). The lowest BCUT2D eigenvalue weighted by Crippen LogP contribution is -2.50. The molecule has 5 nitrogen and oxygen atoms in total. The minimum atomic E-state index is -0.497. The topological polar surface area (TPSA) is 59.0 Å². The second kappa shape index (κ2) is 7.71. The second-order valence-corrected chi connectivity index (χ2v) is 7.19. The normalized spacial score (nSPS) is 11.8. The highest BCUT2D eigenvalue weighted by molar-refractivity contribution is 5.71. The van der Waals surface area contributed by atoms with Crippen LogP contribution in [-0.2, 0) is 9.53 Å². The van der Waals surface area contributed by atoms with E-state index in [9.17, 15) is 10.0 Å². The Bertz CT molecular complexity index is 570. The van der Waals surface area contributed by atoms with Gasteiger partial charge in [0.05, 0.1) is 17.8 Å². The van der Waals surface area contributed by atoms with Gasteiger partial charge in [0.2, 0.25) is 0 Å². The van der Waals surface area contributed by atoms with Gasteiger partial charge >= 0.3 is 5.97 Å². The molecule has 0 atom stereocenters. The van der Waals surface area contributed by atoms with Gasteiger partial charge in [-0.05, 0) is 56.0 Å². The monoisotopic (exact) mass is 335 g/mol. The van der Waals surface area contributed by atoms with Crippen LogP contribution >= 0.6 is 0 Å². The number of rotatable bonds is 7. The summed E-state index contributed by atoms with van der Waals surface area (Å²) in [6.07, 6.45) is 0. The maximum absolute atomic E-state index is 11.3. The van der Waals surface area contributed by atoms with Gasteiger partial charge in [0.25, 0.3) is 0 Å². The van der Waals surface area contributed by atoms with E-state index in [1.54, 1.807) is 31.2 Å². The predicted octanol–water partition coefficient (Wildman–Crippen LogP) is 4.12. The zero-order valence-corrected chi connectivity index (χ0v) is 15.5. The molecule has 0 aliphatic carbocycles. The molecule has 0 saturated carbocycles. The van der Waals surface area contributed by atoms with Crippen LogP contribution in [0.1, 0.15) is 47.1 Å². The third kappa shape index (κ3) is 4.74. The van der Waals surface area contributed by atoms with Crippen LogP contribution in [0, 0.1) is 5.41 Å². The maximum Gasteiger partial charge on any atom is 0.344 e. The van der Waals surface area contributed by atoms with Crippen LogP contribution in [0.4, 0.5) is 0 Å². The average Bonchev–Trinajstić information content (AvgIpc) is 2.51. The first-order valence-corrected chi connectivity index (χ1v) is 8.07. The van der Waals surface area contributed by atoms with Crippen molar-refractivity contribution in [3.8, 4) is 5.75 Å². The van der Waals surface area contributed by atoms with E-state index in [0.717, 1.165) is 5.56 Å². The van der Waals surface area contributed by atoms with Crippen molar-refractivity contribution in [2.75, 3.05) is 13.2 Å². The molecule has 0 amide bonds. The van der Waals surface area contributed by atoms with Gasteiger partial charge in [-0.2, -0.15) is 0 Å². The lowest BCUT2D eigenvalue weighted by molar-refractivity contribution is -0.145. The molecular formula is C19H29NO4. The fourth-order valence-corrected chi connectivity index (χ4v) is 1.87. The zero-order chi connectivity index (χ0) is 18.5. The van der Waals surface area contributed by atoms with E-state index in [1.807, 2.05) is 13.8 Å². The van der Waals surface area contributed by atoms with Crippen LogP contribution in [0.5, 0.6) is 5.75 Å². The third-order valence-corrected chi connectivity index (χ3v) is 4.47. The Morgan fingerprint density at radius 3 is 2.17 bits per heavy atom. The first-order valence-electron chi connectivity index (χ1n) is 8.07. The number of hydrogen-bond donors (Lipinski definition) is 1. The van der Waals surface area contributed by atoms with Crippen LogP contribution < -0.4 is 4.74 Å². The molecule has 0 radical (unpaired) electrons. The molecule has 1 aromatic carbocycles. The molecule has 0 aliphatic rings. The lowest BCUT2D eigenvalue weighted by Gasteiger charge is -2.45. The largest absolute Gasteiger partial charge is 0.482 e. The summed E-state index contributed by atoms with van der Waals surface area (Å²) < 4.78 is 10.2. The summed E-state index contributed by atoms with van der Waals surface area (Å²) in [6.45, 7) is 16.1. The first-order chi connectivity index (χ1) is 11.0. The van der Waals surface area contributed by atoms with E-state index >= 15 is 0 Å². The zero-order valence-electron chi connectivity index (χ0n) is 15.5. The van der Waals surface area contributed by atoms with Gasteiger partial charge < -0.3 is 9.47 Å². The SMILES string of the molecule is C=C(c1ccc(OCC(=O)OCC)cc1)N(O)C(C)(C)C(C)(C)C. The predicted molar refractivity (Wildman–Crippen MR) is 94.8 cm³/mol. The molecule has 0 saturated heterocycles. The molecule has 134 valence electrons. The number of hydrogen-bond acceptors (Lipinski definition) is 5. The lowest BCUT2D eigenvalue weighted by atomic mass is 9.75. The number of ether oxygens (including phenoxy) is 2. The van der Waals surface area contributed by atoms with Gasteiger partial charge in [-0.25, -0.2) is 4.79 Å². The Labute approximate surface area is 144 Å². The Kier molecular flexibility index (Phi) is 6.43. The highest BCUT2D eigenvalue weighted by Gasteiger charge is 2.39. The fraction of sp³-hybridized carbons (Fsp3) is 0.526. The van der Waals surface area contributed by atoms with Crippen LogP contribution in [0.3, 0.4) is 0 Å². The first kappa shape index (κ1) is 20.0. The number of carbonyl (C=O) groups is 1. The summed E-state index contributed by atoms with van der Waals surface area (Å²) in [5, 5.41) is 11.8. The van der Waals surface area contributed by atoms with E-state index in [0.29, 0.717) is 18.1 Å². The smallest absolute Gasteiger partial charge is 0.344 e. The van der Waals surface area contributed by atoms with Gasteiger partial charge in [0.1, 0.15) is 5.75 Å². The van der Waals surface area contributed by atoms with Crippen LogP contribution in [0.25, 0.3) is 5.70 Å². The van der Waals surface area contributed by atoms with Crippen molar-refractivity contribution in [2.24, 2.45) is 5.41 Å². The minimum absolute atomic E-state index is 0.128. The third-order valence-electron chi connectivity index (χ3n) is 4.47. The van der Waals surface area contributed by atoms with Crippen molar-refractivity contribution >= 4 is 11.7 Å². The molecule has 0 aromatic heterocycles. The molecule has 0 aliphatic heterocycles. The Balaban J connectivity index is 2.78. The molecule has 1 aromatic rings. The van der Waals surface area contributed by atoms with E-state index in [1.165, 1.54) is 5.06 Å². The number of carbonyl (C=O) groups excluding carboxylic acids is 1. The van der Waals surface area contributed by atoms with E-state index < -0.39 is 11.5 Å². The number of nitrogens with zero attached hydrogens (tertiary/aromatic N) is 1. The number of benzene rings is 1. The molecule has 5 heteroatoms. The van der Waals surface area contributed by atoms with Crippen molar-refractivity contribution < 1.29 is 19.5 Å². The van der Waals surface area contributed by atoms with Gasteiger partial charge in [0, 0.05) is 0 Å². The van der Waals surface area contributed by atoms with Crippen LogP contribution in [-0.4, -0.2) is 35.0 Å². The van der Waals surface area contributed by atoms with Crippen LogP contribution in [0.15, 0.2) is 30.8 Å². The summed E-state index contributed by atoms with van der Waals surface area (Å²) in [7, 11) is 0. The standard InChI is InChI=1S/C19H29NO4/c1-8-23-17(21)13-24-16-11-9-15(10-12-16)14(2)20(22)19(6,7)18(3,4)5/h9-12,22H,2,8,13H2,1,3-7H3. The van der Waals surface area contributed by atoms with Gasteiger partial charge in [-0.1, -0.05) is 27.4 Å². The highest BCUT2D eigenvalue weighted by Crippen LogP contribution is 2.38. The quantitative estimate of drug-likeness (QED) is 0.600. The number of hydroxylamine groups is 2. The van der Waals surface area contributed by atoms with E-state index in [2.05, 4.69) is 27.4 Å². The summed E-state index contributed by atoms with van der Waals surface area (Å²) >= 11 is 0. The van der Waals surface area contributed by atoms with E-state index in [-0.39, 0.29) is 12.0 Å².